The Kier molecular flexibility index (Phi) is 3.98. The molecule has 0 spiro atoms. The van der Waals surface area contributed by atoms with Crippen LogP contribution in [0, 0.1) is 11.6 Å². The van der Waals surface area contributed by atoms with E-state index in [1.807, 2.05) is 0 Å². The van der Waals surface area contributed by atoms with Crippen molar-refractivity contribution < 1.29 is 23.4 Å². The van der Waals surface area contributed by atoms with E-state index in [-0.39, 0.29) is 23.3 Å². The first-order chi connectivity index (χ1) is 9.52. The topological polar surface area (TPSA) is 46.5 Å². The van der Waals surface area contributed by atoms with Crippen molar-refractivity contribution in [2.45, 2.75) is 6.42 Å². The third-order valence-electron chi connectivity index (χ3n) is 2.90. The minimum absolute atomic E-state index is 0.0388. The van der Waals surface area contributed by atoms with Crippen LogP contribution in [0.5, 0.6) is 5.75 Å². The highest BCUT2D eigenvalue weighted by Gasteiger charge is 2.16. The van der Waals surface area contributed by atoms with Gasteiger partial charge in [-0.3, -0.25) is 4.79 Å². The van der Waals surface area contributed by atoms with Gasteiger partial charge >= 0.3 is 5.97 Å². The Hall–Kier alpha value is -2.43. The molecule has 3 nitrogen and oxygen atoms in total. The highest BCUT2D eigenvalue weighted by molar-refractivity contribution is 5.73. The summed E-state index contributed by atoms with van der Waals surface area (Å²) in [6.45, 7) is 0. The second kappa shape index (κ2) is 5.69. The summed E-state index contributed by atoms with van der Waals surface area (Å²) in [6.07, 6.45) is -0.324. The third kappa shape index (κ3) is 2.77. The van der Waals surface area contributed by atoms with E-state index in [1.165, 1.54) is 43.5 Å². The molecule has 0 aliphatic heterocycles. The molecule has 2 aromatic rings. The fourth-order valence-corrected chi connectivity index (χ4v) is 1.82. The summed E-state index contributed by atoms with van der Waals surface area (Å²) in [6, 6.07) is 8.46. The molecule has 20 heavy (non-hydrogen) atoms. The molecule has 0 fully saturated rings. The number of carbonyl (C=O) groups excluding carboxylic acids is 1. The second-order valence-electron chi connectivity index (χ2n) is 4.20. The Bertz CT molecular complexity index is 636. The molecular weight excluding hydrogens is 266 g/mol. The largest absolute Gasteiger partial charge is 0.508 e. The van der Waals surface area contributed by atoms with Crippen LogP contribution in [-0.2, 0) is 16.0 Å². The maximum atomic E-state index is 14.0. The number of carbonyl (C=O) groups is 1. The Morgan fingerprint density at radius 1 is 1.10 bits per heavy atom. The van der Waals surface area contributed by atoms with Crippen LogP contribution in [0.3, 0.4) is 0 Å². The summed E-state index contributed by atoms with van der Waals surface area (Å²) in [5.74, 6) is -2.70. The number of hydrogen-bond donors (Lipinski definition) is 1. The first-order valence-electron chi connectivity index (χ1n) is 5.86. The van der Waals surface area contributed by atoms with Gasteiger partial charge in [-0.25, -0.2) is 8.78 Å². The first kappa shape index (κ1) is 14.0. The minimum Gasteiger partial charge on any atom is -0.508 e. The van der Waals surface area contributed by atoms with Crippen molar-refractivity contribution in [3.8, 4) is 16.9 Å². The molecule has 104 valence electrons. The highest BCUT2D eigenvalue weighted by Crippen LogP contribution is 2.27. The molecule has 5 heteroatoms. The van der Waals surface area contributed by atoms with Crippen LogP contribution in [0.4, 0.5) is 8.78 Å². The normalized spacial score (nSPS) is 10.3. The molecule has 0 atom stereocenters. The van der Waals surface area contributed by atoms with Crippen LogP contribution in [0.2, 0.25) is 0 Å². The van der Waals surface area contributed by atoms with Gasteiger partial charge in [-0.15, -0.1) is 0 Å². The SMILES string of the molecule is COC(=O)Cc1ccc(-c2ccc(O)cc2)c(F)c1F. The van der Waals surface area contributed by atoms with Crippen LogP contribution in [0.1, 0.15) is 5.56 Å². The standard InChI is InChI=1S/C15H12F2O3/c1-20-13(19)8-10-4-7-12(15(17)14(10)16)9-2-5-11(18)6-3-9/h2-7,18H,8H2,1H3. The predicted molar refractivity (Wildman–Crippen MR) is 69.2 cm³/mol. The van der Waals surface area contributed by atoms with Crippen molar-refractivity contribution in [1.29, 1.82) is 0 Å². The van der Waals surface area contributed by atoms with E-state index in [9.17, 15) is 18.7 Å². The number of esters is 1. The van der Waals surface area contributed by atoms with Gasteiger partial charge in [0.15, 0.2) is 11.6 Å². The van der Waals surface area contributed by atoms with Gasteiger partial charge in [0, 0.05) is 11.1 Å². The molecule has 0 heterocycles. The molecule has 0 radical (unpaired) electrons. The Balaban J connectivity index is 2.40. The second-order valence-corrected chi connectivity index (χ2v) is 4.20. The van der Waals surface area contributed by atoms with Crippen LogP contribution in [-0.4, -0.2) is 18.2 Å². The number of rotatable bonds is 3. The van der Waals surface area contributed by atoms with E-state index >= 15 is 0 Å². The first-order valence-corrected chi connectivity index (χ1v) is 5.86. The van der Waals surface area contributed by atoms with E-state index in [4.69, 9.17) is 0 Å². The lowest BCUT2D eigenvalue weighted by atomic mass is 10.0. The van der Waals surface area contributed by atoms with E-state index < -0.39 is 17.6 Å². The van der Waals surface area contributed by atoms with Crippen LogP contribution in [0.25, 0.3) is 11.1 Å². The van der Waals surface area contributed by atoms with Crippen LogP contribution in [0.15, 0.2) is 36.4 Å². The van der Waals surface area contributed by atoms with Crippen molar-refractivity contribution in [2.24, 2.45) is 0 Å². The van der Waals surface area contributed by atoms with Gasteiger partial charge in [0.05, 0.1) is 13.5 Å². The summed E-state index contributed by atoms with van der Waals surface area (Å²) in [4.78, 5) is 11.1. The molecule has 0 amide bonds. The van der Waals surface area contributed by atoms with Gasteiger partial charge in [0.2, 0.25) is 0 Å². The fourth-order valence-electron chi connectivity index (χ4n) is 1.82. The zero-order valence-electron chi connectivity index (χ0n) is 10.7. The number of phenols is 1. The Morgan fingerprint density at radius 3 is 2.35 bits per heavy atom. The molecule has 0 unspecified atom stereocenters. The number of ether oxygens (including phenoxy) is 1. The van der Waals surface area contributed by atoms with E-state index in [2.05, 4.69) is 4.74 Å². The summed E-state index contributed by atoms with van der Waals surface area (Å²) in [5, 5.41) is 9.18. The number of aromatic hydroxyl groups is 1. The highest BCUT2D eigenvalue weighted by atomic mass is 19.2. The average molecular weight is 278 g/mol. The van der Waals surface area contributed by atoms with Crippen molar-refractivity contribution in [1.82, 2.24) is 0 Å². The van der Waals surface area contributed by atoms with Gasteiger partial charge in [-0.2, -0.15) is 0 Å². The van der Waals surface area contributed by atoms with Gasteiger partial charge in [0.25, 0.3) is 0 Å². The molecule has 2 aromatic carbocycles. The maximum Gasteiger partial charge on any atom is 0.310 e. The smallest absolute Gasteiger partial charge is 0.310 e. The number of hydrogen-bond acceptors (Lipinski definition) is 3. The fraction of sp³-hybridized carbons (Fsp3) is 0.133. The average Bonchev–Trinajstić information content (AvgIpc) is 2.45. The molecule has 0 aliphatic carbocycles. The Morgan fingerprint density at radius 2 is 1.75 bits per heavy atom. The summed E-state index contributed by atoms with van der Waals surface area (Å²) >= 11 is 0. The maximum absolute atomic E-state index is 14.0. The number of phenolic OH excluding ortho intramolecular Hbond substituents is 1. The van der Waals surface area contributed by atoms with Crippen LogP contribution < -0.4 is 0 Å². The van der Waals surface area contributed by atoms with Gasteiger partial charge in [-0.05, 0) is 17.7 Å². The van der Waals surface area contributed by atoms with E-state index in [1.54, 1.807) is 0 Å². The molecule has 0 bridgehead atoms. The lowest BCUT2D eigenvalue weighted by Gasteiger charge is -2.08. The molecule has 0 saturated heterocycles. The van der Waals surface area contributed by atoms with Gasteiger partial charge in [-0.1, -0.05) is 24.3 Å². The molecule has 1 N–H and O–H groups in total. The predicted octanol–water partition coefficient (Wildman–Crippen LogP) is 3.05. The van der Waals surface area contributed by atoms with Crippen molar-refractivity contribution in [3.05, 3.63) is 53.6 Å². The summed E-state index contributed by atoms with van der Waals surface area (Å²) < 4.78 is 32.3. The number of methoxy groups -OCH3 is 1. The molecule has 0 aliphatic rings. The van der Waals surface area contributed by atoms with Crippen LogP contribution >= 0.6 is 0 Å². The molecular formula is C15H12F2O3. The lowest BCUT2D eigenvalue weighted by molar-refractivity contribution is -0.139. The lowest BCUT2D eigenvalue weighted by Crippen LogP contribution is -2.07. The van der Waals surface area contributed by atoms with E-state index in [0.717, 1.165) is 0 Å². The van der Waals surface area contributed by atoms with Crippen molar-refractivity contribution in [2.75, 3.05) is 7.11 Å². The summed E-state index contributed by atoms with van der Waals surface area (Å²) in [7, 11) is 1.18. The number of benzene rings is 2. The summed E-state index contributed by atoms with van der Waals surface area (Å²) in [5.41, 5.74) is 0.441. The zero-order valence-corrected chi connectivity index (χ0v) is 10.7. The molecule has 0 aromatic heterocycles. The monoisotopic (exact) mass is 278 g/mol. The third-order valence-corrected chi connectivity index (χ3v) is 2.90. The van der Waals surface area contributed by atoms with E-state index in [0.29, 0.717) is 5.56 Å². The van der Waals surface area contributed by atoms with Gasteiger partial charge in [0.1, 0.15) is 5.75 Å². The van der Waals surface area contributed by atoms with Crippen molar-refractivity contribution in [3.63, 3.8) is 0 Å². The van der Waals surface area contributed by atoms with Gasteiger partial charge < -0.3 is 9.84 Å². The minimum atomic E-state index is -1.07. The Labute approximate surface area is 114 Å². The van der Waals surface area contributed by atoms with Crippen molar-refractivity contribution >= 4 is 5.97 Å². The zero-order chi connectivity index (χ0) is 14.7. The number of halogens is 2. The quantitative estimate of drug-likeness (QED) is 0.878. The molecule has 0 saturated carbocycles. The molecule has 2 rings (SSSR count).